The van der Waals surface area contributed by atoms with Crippen LogP contribution in [0.3, 0.4) is 0 Å². The molecule has 16 heavy (non-hydrogen) atoms. The van der Waals surface area contributed by atoms with Gasteiger partial charge in [0.25, 0.3) is 0 Å². The zero-order valence-corrected chi connectivity index (χ0v) is 9.88. The maximum Gasteiger partial charge on any atom is 0.155 e. The first-order chi connectivity index (χ1) is 7.47. The van der Waals surface area contributed by atoms with Gasteiger partial charge in [0.1, 0.15) is 0 Å². The van der Waals surface area contributed by atoms with Gasteiger partial charge >= 0.3 is 0 Å². The van der Waals surface area contributed by atoms with Crippen molar-refractivity contribution in [1.29, 1.82) is 0 Å². The van der Waals surface area contributed by atoms with Gasteiger partial charge in [-0.3, -0.25) is 0 Å². The maximum absolute atomic E-state index is 10.00. The number of nitrogens with zero attached hydrogens (tertiary/aromatic N) is 3. The van der Waals surface area contributed by atoms with Gasteiger partial charge in [-0.05, 0) is 11.5 Å². The van der Waals surface area contributed by atoms with E-state index in [1.165, 1.54) is 0 Å². The summed E-state index contributed by atoms with van der Waals surface area (Å²) in [5, 5.41) is 14.1. The van der Waals surface area contributed by atoms with E-state index in [4.69, 9.17) is 0 Å². The summed E-state index contributed by atoms with van der Waals surface area (Å²) in [4.78, 5) is 4.43. The molecule has 0 saturated heterocycles. The summed E-state index contributed by atoms with van der Waals surface area (Å²) < 4.78 is 1.72. The van der Waals surface area contributed by atoms with Crippen LogP contribution in [0.15, 0.2) is 24.5 Å². The Labute approximate surface area is 94.9 Å². The number of aromatic nitrogens is 3. The van der Waals surface area contributed by atoms with Crippen LogP contribution in [0.1, 0.15) is 26.5 Å². The van der Waals surface area contributed by atoms with Crippen molar-refractivity contribution in [1.82, 2.24) is 14.6 Å². The lowest BCUT2D eigenvalue weighted by Gasteiger charge is -2.25. The summed E-state index contributed by atoms with van der Waals surface area (Å²) in [5.41, 5.74) is 1.60. The number of hydrogen-bond acceptors (Lipinski definition) is 3. The standard InChI is InChI=1S/C12H17N3O/c1-12(2,3)10(16)8-9-5-7-15-11(14-9)4-6-13-15/h4-7,10,16H,8H2,1-3H3. The minimum atomic E-state index is -0.384. The third-order valence-electron chi connectivity index (χ3n) is 2.72. The largest absolute Gasteiger partial charge is 0.392 e. The zero-order valence-electron chi connectivity index (χ0n) is 9.88. The van der Waals surface area contributed by atoms with E-state index in [1.807, 2.05) is 39.1 Å². The van der Waals surface area contributed by atoms with E-state index in [1.54, 1.807) is 10.7 Å². The lowest BCUT2D eigenvalue weighted by molar-refractivity contribution is 0.0628. The molecule has 2 heterocycles. The second kappa shape index (κ2) is 3.87. The molecule has 4 heteroatoms. The molecule has 0 spiro atoms. The first-order valence-corrected chi connectivity index (χ1v) is 5.44. The molecule has 0 amide bonds. The Hall–Kier alpha value is -1.42. The highest BCUT2D eigenvalue weighted by atomic mass is 16.3. The van der Waals surface area contributed by atoms with Crippen molar-refractivity contribution in [3.05, 3.63) is 30.2 Å². The van der Waals surface area contributed by atoms with E-state index >= 15 is 0 Å². The number of rotatable bonds is 2. The molecule has 0 aliphatic heterocycles. The molecule has 0 radical (unpaired) electrons. The molecule has 0 aliphatic carbocycles. The molecule has 1 N–H and O–H groups in total. The van der Waals surface area contributed by atoms with E-state index in [0.29, 0.717) is 6.42 Å². The van der Waals surface area contributed by atoms with Gasteiger partial charge in [0.2, 0.25) is 0 Å². The van der Waals surface area contributed by atoms with Gasteiger partial charge in [-0.2, -0.15) is 5.10 Å². The predicted octanol–water partition coefficient (Wildman–Crippen LogP) is 1.68. The Balaban J connectivity index is 2.21. The molecule has 4 nitrogen and oxygen atoms in total. The molecule has 0 bridgehead atoms. The van der Waals surface area contributed by atoms with E-state index in [2.05, 4.69) is 10.1 Å². The number of aliphatic hydroxyl groups is 1. The molecule has 2 aromatic heterocycles. The molecule has 2 rings (SSSR count). The molecule has 0 saturated carbocycles. The van der Waals surface area contributed by atoms with E-state index in [0.717, 1.165) is 11.3 Å². The van der Waals surface area contributed by atoms with Gasteiger partial charge in [-0.15, -0.1) is 0 Å². The minimum Gasteiger partial charge on any atom is -0.392 e. The molecule has 2 aromatic rings. The third-order valence-corrected chi connectivity index (χ3v) is 2.72. The van der Waals surface area contributed by atoms with E-state index in [9.17, 15) is 5.11 Å². The summed E-state index contributed by atoms with van der Waals surface area (Å²) in [6, 6.07) is 3.75. The van der Waals surface area contributed by atoms with Crippen molar-refractivity contribution in [3.63, 3.8) is 0 Å². The molecule has 1 unspecified atom stereocenters. The Morgan fingerprint density at radius 3 is 2.81 bits per heavy atom. The Morgan fingerprint density at radius 1 is 1.38 bits per heavy atom. The zero-order chi connectivity index (χ0) is 11.8. The second-order valence-corrected chi connectivity index (χ2v) is 5.14. The van der Waals surface area contributed by atoms with Crippen molar-refractivity contribution in [2.75, 3.05) is 0 Å². The van der Waals surface area contributed by atoms with Gasteiger partial charge in [0, 0.05) is 24.4 Å². The van der Waals surface area contributed by atoms with E-state index < -0.39 is 0 Å². The Kier molecular flexibility index (Phi) is 2.68. The third kappa shape index (κ3) is 2.22. The highest BCUT2D eigenvalue weighted by Crippen LogP contribution is 2.21. The van der Waals surface area contributed by atoms with Gasteiger partial charge in [-0.25, -0.2) is 9.50 Å². The van der Waals surface area contributed by atoms with Gasteiger partial charge in [0.05, 0.1) is 12.3 Å². The van der Waals surface area contributed by atoms with Crippen LogP contribution in [0.5, 0.6) is 0 Å². The molecule has 0 aromatic carbocycles. The molecule has 1 atom stereocenters. The number of hydrogen-bond donors (Lipinski definition) is 1. The lowest BCUT2D eigenvalue weighted by atomic mass is 9.86. The van der Waals surface area contributed by atoms with Crippen LogP contribution in [0.2, 0.25) is 0 Å². The van der Waals surface area contributed by atoms with Gasteiger partial charge in [0.15, 0.2) is 5.65 Å². The molecule has 0 fully saturated rings. The van der Waals surface area contributed by atoms with E-state index in [-0.39, 0.29) is 11.5 Å². The Morgan fingerprint density at radius 2 is 2.12 bits per heavy atom. The lowest BCUT2D eigenvalue weighted by Crippen LogP contribution is -2.28. The summed E-state index contributed by atoms with van der Waals surface area (Å²) >= 11 is 0. The molecular formula is C12H17N3O. The fraction of sp³-hybridized carbons (Fsp3) is 0.500. The SMILES string of the molecule is CC(C)(C)C(O)Cc1ccn2nccc2n1. The highest BCUT2D eigenvalue weighted by Gasteiger charge is 2.22. The van der Waals surface area contributed by atoms with Gasteiger partial charge in [-0.1, -0.05) is 20.8 Å². The van der Waals surface area contributed by atoms with Crippen molar-refractivity contribution in [2.24, 2.45) is 5.41 Å². The van der Waals surface area contributed by atoms with Crippen molar-refractivity contribution < 1.29 is 5.11 Å². The second-order valence-electron chi connectivity index (χ2n) is 5.14. The van der Waals surface area contributed by atoms with Crippen LogP contribution >= 0.6 is 0 Å². The highest BCUT2D eigenvalue weighted by molar-refractivity contribution is 5.36. The average Bonchev–Trinajstić information content (AvgIpc) is 2.63. The van der Waals surface area contributed by atoms with Gasteiger partial charge < -0.3 is 5.11 Å². The predicted molar refractivity (Wildman–Crippen MR) is 62.2 cm³/mol. The molecule has 86 valence electrons. The first kappa shape index (κ1) is 11.1. The van der Waals surface area contributed by atoms with Crippen molar-refractivity contribution >= 4 is 5.65 Å². The fourth-order valence-electron chi connectivity index (χ4n) is 1.47. The topological polar surface area (TPSA) is 50.4 Å². The maximum atomic E-state index is 10.00. The van der Waals surface area contributed by atoms with Crippen molar-refractivity contribution in [2.45, 2.75) is 33.3 Å². The van der Waals surface area contributed by atoms with Crippen LogP contribution in [0, 0.1) is 5.41 Å². The van der Waals surface area contributed by atoms with Crippen LogP contribution in [-0.4, -0.2) is 25.8 Å². The smallest absolute Gasteiger partial charge is 0.155 e. The summed E-state index contributed by atoms with van der Waals surface area (Å²) in [5.74, 6) is 0. The van der Waals surface area contributed by atoms with Crippen molar-refractivity contribution in [3.8, 4) is 0 Å². The quantitative estimate of drug-likeness (QED) is 0.836. The summed E-state index contributed by atoms with van der Waals surface area (Å²) in [7, 11) is 0. The average molecular weight is 219 g/mol. The van der Waals surface area contributed by atoms with Crippen LogP contribution < -0.4 is 0 Å². The number of fused-ring (bicyclic) bond motifs is 1. The number of aliphatic hydroxyl groups excluding tert-OH is 1. The normalized spacial score (nSPS) is 14.2. The fourth-order valence-corrected chi connectivity index (χ4v) is 1.47. The van der Waals surface area contributed by atoms with Crippen LogP contribution in [-0.2, 0) is 6.42 Å². The van der Waals surface area contributed by atoms with Crippen LogP contribution in [0.4, 0.5) is 0 Å². The molecule has 0 aliphatic rings. The summed E-state index contributed by atoms with van der Waals surface area (Å²) in [6.07, 6.45) is 3.77. The molecular weight excluding hydrogens is 202 g/mol. The van der Waals surface area contributed by atoms with Crippen LogP contribution in [0.25, 0.3) is 5.65 Å². The Bertz CT molecular complexity index is 484. The first-order valence-electron chi connectivity index (χ1n) is 5.44. The monoisotopic (exact) mass is 219 g/mol. The summed E-state index contributed by atoms with van der Waals surface area (Å²) in [6.45, 7) is 6.07. The minimum absolute atomic E-state index is 0.117.